The maximum atomic E-state index is 9.24. The van der Waals surface area contributed by atoms with Crippen LogP contribution in [0.25, 0.3) is 0 Å². The van der Waals surface area contributed by atoms with Gasteiger partial charge in [0.15, 0.2) is 6.29 Å². The molecule has 1 rings (SSSR count). The zero-order valence-corrected chi connectivity index (χ0v) is 7.44. The molecule has 11 heavy (non-hydrogen) atoms. The van der Waals surface area contributed by atoms with Crippen molar-refractivity contribution in [1.29, 1.82) is 0 Å². The molecule has 66 valence electrons. The van der Waals surface area contributed by atoms with E-state index >= 15 is 0 Å². The number of alkyl halides is 1. The maximum absolute atomic E-state index is 9.24. The van der Waals surface area contributed by atoms with Gasteiger partial charge in [0, 0.05) is 11.8 Å². The normalized spacial score (nSPS) is 45.8. The number of aliphatic hydroxyl groups excluding tert-OH is 3. The Hall–Kier alpha value is 0.320. The fourth-order valence-corrected chi connectivity index (χ4v) is 1.59. The number of aliphatic hydroxyl groups is 3. The summed E-state index contributed by atoms with van der Waals surface area (Å²) in [6.07, 6.45) is -3.20. The van der Waals surface area contributed by atoms with Crippen molar-refractivity contribution in [3.63, 3.8) is 0 Å². The zero-order chi connectivity index (χ0) is 8.43. The van der Waals surface area contributed by atoms with Gasteiger partial charge in [0.2, 0.25) is 0 Å². The molecule has 1 saturated heterocycles. The Bertz CT molecular complexity index is 132. The third kappa shape index (κ3) is 2.13. The summed E-state index contributed by atoms with van der Waals surface area (Å²) in [6, 6.07) is 0. The van der Waals surface area contributed by atoms with Gasteiger partial charge in [-0.2, -0.15) is 0 Å². The van der Waals surface area contributed by atoms with Crippen LogP contribution in [0, 0.1) is 0 Å². The van der Waals surface area contributed by atoms with E-state index in [2.05, 4.69) is 15.9 Å². The van der Waals surface area contributed by atoms with Gasteiger partial charge in [0.25, 0.3) is 0 Å². The van der Waals surface area contributed by atoms with Crippen LogP contribution in [0.3, 0.4) is 0 Å². The van der Waals surface area contributed by atoms with Crippen LogP contribution < -0.4 is 0 Å². The van der Waals surface area contributed by atoms with Crippen molar-refractivity contribution < 1.29 is 20.1 Å². The van der Waals surface area contributed by atoms with Gasteiger partial charge in [-0.3, -0.25) is 0 Å². The minimum absolute atomic E-state index is 0.0741. The average molecular weight is 227 g/mol. The smallest absolute Gasteiger partial charge is 0.157 e. The molecule has 4 atom stereocenters. The van der Waals surface area contributed by atoms with Crippen molar-refractivity contribution in [2.24, 2.45) is 0 Å². The van der Waals surface area contributed by atoms with Gasteiger partial charge in [-0.25, -0.2) is 0 Å². The van der Waals surface area contributed by atoms with Crippen molar-refractivity contribution in [2.75, 3.05) is 5.33 Å². The highest BCUT2D eigenvalue weighted by Crippen LogP contribution is 2.19. The molecule has 0 radical (unpaired) electrons. The Balaban J connectivity index is 2.51. The highest BCUT2D eigenvalue weighted by molar-refractivity contribution is 9.09. The Morgan fingerprint density at radius 3 is 2.55 bits per heavy atom. The predicted molar refractivity (Wildman–Crippen MR) is 41.3 cm³/mol. The lowest BCUT2D eigenvalue weighted by Crippen LogP contribution is -2.48. The van der Waals surface area contributed by atoms with Crippen molar-refractivity contribution >= 4 is 15.9 Å². The first kappa shape index (κ1) is 9.41. The summed E-state index contributed by atoms with van der Waals surface area (Å²) in [6.45, 7) is 0. The second-order valence-electron chi connectivity index (χ2n) is 2.58. The van der Waals surface area contributed by atoms with E-state index in [1.165, 1.54) is 0 Å². The molecule has 3 N–H and O–H groups in total. The SMILES string of the molecule is O[C@@H]1C[C@@H](O)[C@H](O)C(CBr)O1. The van der Waals surface area contributed by atoms with Gasteiger partial charge < -0.3 is 20.1 Å². The minimum Gasteiger partial charge on any atom is -0.390 e. The molecule has 0 aromatic heterocycles. The molecule has 0 bridgehead atoms. The molecular weight excluding hydrogens is 216 g/mol. The van der Waals surface area contributed by atoms with E-state index in [-0.39, 0.29) is 6.42 Å². The lowest BCUT2D eigenvalue weighted by molar-refractivity contribution is -0.224. The Labute approximate surface area is 72.9 Å². The van der Waals surface area contributed by atoms with Crippen LogP contribution in [0.15, 0.2) is 0 Å². The molecule has 0 aliphatic carbocycles. The number of rotatable bonds is 1. The Kier molecular flexibility index (Phi) is 3.27. The van der Waals surface area contributed by atoms with Crippen LogP contribution in [0.1, 0.15) is 6.42 Å². The van der Waals surface area contributed by atoms with E-state index in [4.69, 9.17) is 14.9 Å². The van der Waals surface area contributed by atoms with Crippen LogP contribution in [-0.4, -0.2) is 45.3 Å². The first-order valence-corrected chi connectivity index (χ1v) is 4.53. The van der Waals surface area contributed by atoms with Gasteiger partial charge in [-0.1, -0.05) is 15.9 Å². The molecular formula is C6H11BrO4. The summed E-state index contributed by atoms with van der Waals surface area (Å²) >= 11 is 3.10. The predicted octanol–water partition coefficient (Wildman–Crippen LogP) is -0.790. The van der Waals surface area contributed by atoms with Gasteiger partial charge in [0.1, 0.15) is 6.10 Å². The molecule has 0 amide bonds. The highest BCUT2D eigenvalue weighted by atomic mass is 79.9. The van der Waals surface area contributed by atoms with E-state index in [0.29, 0.717) is 5.33 Å². The van der Waals surface area contributed by atoms with Crippen LogP contribution in [0.4, 0.5) is 0 Å². The van der Waals surface area contributed by atoms with E-state index in [1.54, 1.807) is 0 Å². The number of ether oxygens (including phenoxy) is 1. The molecule has 4 nitrogen and oxygen atoms in total. The van der Waals surface area contributed by atoms with Gasteiger partial charge in [-0.15, -0.1) is 0 Å². The van der Waals surface area contributed by atoms with Crippen molar-refractivity contribution in [3.8, 4) is 0 Å². The largest absolute Gasteiger partial charge is 0.390 e. The summed E-state index contributed by atoms with van der Waals surface area (Å²) in [5.74, 6) is 0. The van der Waals surface area contributed by atoms with Crippen molar-refractivity contribution in [3.05, 3.63) is 0 Å². The third-order valence-corrected chi connectivity index (χ3v) is 2.34. The maximum Gasteiger partial charge on any atom is 0.157 e. The summed E-state index contributed by atoms with van der Waals surface area (Å²) < 4.78 is 4.92. The first-order chi connectivity index (χ1) is 5.15. The van der Waals surface area contributed by atoms with Crippen LogP contribution in [0.5, 0.6) is 0 Å². The van der Waals surface area contributed by atoms with Gasteiger partial charge >= 0.3 is 0 Å². The average Bonchev–Trinajstić information content (AvgIpc) is 1.96. The van der Waals surface area contributed by atoms with E-state index in [1.807, 2.05) is 0 Å². The zero-order valence-electron chi connectivity index (χ0n) is 5.85. The highest BCUT2D eigenvalue weighted by Gasteiger charge is 2.34. The Morgan fingerprint density at radius 1 is 1.36 bits per heavy atom. The van der Waals surface area contributed by atoms with E-state index < -0.39 is 24.6 Å². The van der Waals surface area contributed by atoms with E-state index in [9.17, 15) is 5.11 Å². The molecule has 5 heteroatoms. The second kappa shape index (κ2) is 3.82. The monoisotopic (exact) mass is 226 g/mol. The number of halogens is 1. The molecule has 0 spiro atoms. The topological polar surface area (TPSA) is 69.9 Å². The lowest BCUT2D eigenvalue weighted by Gasteiger charge is -2.33. The molecule has 0 aromatic rings. The van der Waals surface area contributed by atoms with Crippen LogP contribution in [0.2, 0.25) is 0 Å². The number of hydrogen-bond acceptors (Lipinski definition) is 4. The molecule has 1 fully saturated rings. The first-order valence-electron chi connectivity index (χ1n) is 3.40. The molecule has 1 aliphatic rings. The molecule has 0 saturated carbocycles. The van der Waals surface area contributed by atoms with Gasteiger partial charge in [-0.05, 0) is 0 Å². The fourth-order valence-electron chi connectivity index (χ4n) is 1.06. The standard InChI is InChI=1S/C6H11BrO4/c7-2-4-6(10)3(8)1-5(9)11-4/h3-6,8-10H,1-2H2/t3-,4?,5+,6+/m1/s1. The summed E-state index contributed by atoms with van der Waals surface area (Å²) in [5, 5.41) is 27.8. The number of hydrogen-bond donors (Lipinski definition) is 3. The molecule has 1 heterocycles. The quantitative estimate of drug-likeness (QED) is 0.513. The summed E-state index contributed by atoms with van der Waals surface area (Å²) in [4.78, 5) is 0. The lowest BCUT2D eigenvalue weighted by atomic mass is 10.0. The summed E-state index contributed by atoms with van der Waals surface area (Å²) in [7, 11) is 0. The molecule has 1 aliphatic heterocycles. The molecule has 0 aromatic carbocycles. The summed E-state index contributed by atoms with van der Waals surface area (Å²) in [5.41, 5.74) is 0. The fraction of sp³-hybridized carbons (Fsp3) is 1.00. The van der Waals surface area contributed by atoms with Crippen molar-refractivity contribution in [2.45, 2.75) is 31.0 Å². The third-order valence-electron chi connectivity index (χ3n) is 1.70. The minimum atomic E-state index is -0.962. The molecule has 1 unspecified atom stereocenters. The van der Waals surface area contributed by atoms with Gasteiger partial charge in [0.05, 0.1) is 12.2 Å². The van der Waals surface area contributed by atoms with E-state index in [0.717, 1.165) is 0 Å². The van der Waals surface area contributed by atoms with Crippen LogP contribution in [-0.2, 0) is 4.74 Å². The second-order valence-corrected chi connectivity index (χ2v) is 3.22. The van der Waals surface area contributed by atoms with Crippen LogP contribution >= 0.6 is 15.9 Å². The van der Waals surface area contributed by atoms with Crippen molar-refractivity contribution in [1.82, 2.24) is 0 Å². The Morgan fingerprint density at radius 2 is 2.00 bits per heavy atom.